The number of nitrogens with two attached hydrogens (primary N) is 1. The number of nitrogens with zero attached hydrogens (tertiary/aromatic N) is 1. The Labute approximate surface area is 126 Å². The van der Waals surface area contributed by atoms with Crippen molar-refractivity contribution < 1.29 is 22.8 Å². The van der Waals surface area contributed by atoms with Crippen molar-refractivity contribution in [1.29, 1.82) is 0 Å². The highest BCUT2D eigenvalue weighted by Gasteiger charge is 2.64. The molecule has 1 aromatic rings. The van der Waals surface area contributed by atoms with Gasteiger partial charge in [0.2, 0.25) is 5.54 Å². The van der Waals surface area contributed by atoms with E-state index in [1.54, 1.807) is 11.4 Å². The van der Waals surface area contributed by atoms with Crippen molar-refractivity contribution in [2.45, 2.75) is 25.2 Å². The van der Waals surface area contributed by atoms with Gasteiger partial charge in [0.1, 0.15) is 0 Å². The number of alkyl halides is 3. The van der Waals surface area contributed by atoms with Gasteiger partial charge in [-0.15, -0.1) is 0 Å². The van der Waals surface area contributed by atoms with Crippen LogP contribution in [-0.2, 0) is 11.3 Å². The Hall–Kier alpha value is -1.77. The van der Waals surface area contributed by atoms with Crippen LogP contribution in [0, 0.1) is 0 Å². The lowest BCUT2D eigenvalue weighted by Crippen LogP contribution is -2.56. The van der Waals surface area contributed by atoms with Crippen molar-refractivity contribution in [3.8, 4) is 0 Å². The first-order valence-corrected chi connectivity index (χ1v) is 6.60. The molecular weight excluding hydrogens is 355 g/mol. The number of halogens is 4. The molecule has 2 rings (SSSR count). The highest BCUT2D eigenvalue weighted by Crippen LogP contribution is 2.36. The van der Waals surface area contributed by atoms with Crippen molar-refractivity contribution in [3.05, 3.63) is 28.2 Å². The molecule has 21 heavy (non-hydrogen) atoms. The van der Waals surface area contributed by atoms with E-state index in [1.165, 1.54) is 12.1 Å². The highest BCUT2D eigenvalue weighted by molar-refractivity contribution is 9.10. The second kappa shape index (κ2) is 4.90. The van der Waals surface area contributed by atoms with Gasteiger partial charge >= 0.3 is 12.2 Å². The number of nitrogens with one attached hydrogen (secondary N) is 1. The van der Waals surface area contributed by atoms with Crippen LogP contribution in [0.25, 0.3) is 0 Å². The predicted molar refractivity (Wildman–Crippen MR) is 72.1 cm³/mol. The van der Waals surface area contributed by atoms with Crippen LogP contribution in [0.5, 0.6) is 0 Å². The number of imide groups is 1. The van der Waals surface area contributed by atoms with Crippen molar-refractivity contribution in [3.63, 3.8) is 0 Å². The summed E-state index contributed by atoms with van der Waals surface area (Å²) in [6, 6.07) is 3.59. The number of nitrogen functional groups attached to an aromatic ring is 1. The molecule has 0 aliphatic carbocycles. The summed E-state index contributed by atoms with van der Waals surface area (Å²) >= 11 is 3.19. The summed E-state index contributed by atoms with van der Waals surface area (Å²) in [5.74, 6) is -1.35. The number of hydrogen-bond acceptors (Lipinski definition) is 3. The lowest BCUT2D eigenvalue weighted by Gasteiger charge is -2.24. The van der Waals surface area contributed by atoms with Gasteiger partial charge in [-0.1, -0.05) is 22.0 Å². The minimum absolute atomic E-state index is 0.269. The van der Waals surface area contributed by atoms with Gasteiger partial charge in [0.25, 0.3) is 5.91 Å². The summed E-state index contributed by atoms with van der Waals surface area (Å²) in [5.41, 5.74) is 3.46. The van der Waals surface area contributed by atoms with Crippen LogP contribution in [0.4, 0.5) is 23.7 Å². The molecule has 114 valence electrons. The van der Waals surface area contributed by atoms with Crippen molar-refractivity contribution >= 4 is 33.6 Å². The maximum atomic E-state index is 12.9. The fourth-order valence-electron chi connectivity index (χ4n) is 1.91. The van der Waals surface area contributed by atoms with Crippen LogP contribution in [0.2, 0.25) is 0 Å². The van der Waals surface area contributed by atoms with Gasteiger partial charge in [0.05, 0.1) is 6.54 Å². The number of hydrogen-bond donors (Lipinski definition) is 2. The van der Waals surface area contributed by atoms with E-state index in [-0.39, 0.29) is 12.2 Å². The minimum Gasteiger partial charge on any atom is -0.398 e. The summed E-state index contributed by atoms with van der Waals surface area (Å²) in [6.45, 7) is 0.313. The first-order chi connectivity index (χ1) is 9.56. The Balaban J connectivity index is 2.30. The molecule has 3 amide bonds. The number of benzene rings is 1. The normalized spacial score (nSPS) is 22.6. The molecular formula is C12H11BrF3N3O2. The second-order valence-electron chi connectivity index (χ2n) is 4.79. The van der Waals surface area contributed by atoms with Gasteiger partial charge in [-0.05, 0) is 24.6 Å². The molecule has 1 aromatic carbocycles. The number of urea groups is 1. The number of rotatable bonds is 2. The third-order valence-electron chi connectivity index (χ3n) is 3.28. The molecule has 1 fully saturated rings. The second-order valence-corrected chi connectivity index (χ2v) is 5.70. The number of anilines is 1. The van der Waals surface area contributed by atoms with Crippen molar-refractivity contribution in [1.82, 2.24) is 10.2 Å². The number of carbonyl (C=O) groups excluding carboxylic acids is 2. The molecule has 0 saturated carbocycles. The summed E-state index contributed by atoms with van der Waals surface area (Å²) in [7, 11) is 0. The molecule has 1 atom stereocenters. The molecule has 0 bridgehead atoms. The summed E-state index contributed by atoms with van der Waals surface area (Å²) < 4.78 is 39.4. The molecule has 9 heteroatoms. The maximum absolute atomic E-state index is 12.9. The average Bonchev–Trinajstić information content (AvgIpc) is 2.56. The van der Waals surface area contributed by atoms with Crippen LogP contribution in [0.1, 0.15) is 12.5 Å². The Morgan fingerprint density at radius 3 is 2.48 bits per heavy atom. The standard InChI is InChI=1S/C12H11BrF3N3O2/c1-11(12(14,15)16)9(20)19(10(21)18-11)5-6-2-3-7(13)4-8(6)17/h2-4H,5,17H2,1H3,(H,18,21). The van der Waals surface area contributed by atoms with E-state index >= 15 is 0 Å². The Morgan fingerprint density at radius 2 is 2.00 bits per heavy atom. The summed E-state index contributed by atoms with van der Waals surface area (Å²) in [5, 5.41) is 1.68. The van der Waals surface area contributed by atoms with Gasteiger partial charge in [-0.25, -0.2) is 4.79 Å². The van der Waals surface area contributed by atoms with Crippen LogP contribution in [0.3, 0.4) is 0 Å². The first kappa shape index (κ1) is 15.6. The zero-order valence-corrected chi connectivity index (χ0v) is 12.4. The van der Waals surface area contributed by atoms with E-state index in [0.717, 1.165) is 0 Å². The van der Waals surface area contributed by atoms with E-state index in [1.807, 2.05) is 0 Å². The van der Waals surface area contributed by atoms with Crippen LogP contribution >= 0.6 is 15.9 Å². The van der Waals surface area contributed by atoms with Gasteiger partial charge < -0.3 is 11.1 Å². The van der Waals surface area contributed by atoms with E-state index < -0.39 is 23.7 Å². The zero-order chi connectivity index (χ0) is 16.0. The SMILES string of the molecule is CC1(C(F)(F)F)NC(=O)N(Cc2ccc(Br)cc2N)C1=O. The molecule has 0 aromatic heterocycles. The van der Waals surface area contributed by atoms with Crippen LogP contribution < -0.4 is 11.1 Å². The topological polar surface area (TPSA) is 75.4 Å². The lowest BCUT2D eigenvalue weighted by molar-refractivity contribution is -0.191. The van der Waals surface area contributed by atoms with Crippen LogP contribution in [-0.4, -0.2) is 28.6 Å². The average molecular weight is 366 g/mol. The molecule has 1 saturated heterocycles. The van der Waals surface area contributed by atoms with Gasteiger partial charge in [-0.2, -0.15) is 13.2 Å². The molecule has 1 heterocycles. The smallest absolute Gasteiger partial charge is 0.398 e. The lowest BCUT2D eigenvalue weighted by atomic mass is 10.0. The fraction of sp³-hybridized carbons (Fsp3) is 0.333. The summed E-state index contributed by atoms with van der Waals surface area (Å²) in [4.78, 5) is 24.1. The Morgan fingerprint density at radius 1 is 1.38 bits per heavy atom. The zero-order valence-electron chi connectivity index (χ0n) is 10.8. The van der Waals surface area contributed by atoms with E-state index in [2.05, 4.69) is 15.9 Å². The molecule has 0 radical (unpaired) electrons. The third kappa shape index (κ3) is 2.57. The highest BCUT2D eigenvalue weighted by atomic mass is 79.9. The quantitative estimate of drug-likeness (QED) is 0.624. The largest absolute Gasteiger partial charge is 0.420 e. The fourth-order valence-corrected chi connectivity index (χ4v) is 2.29. The molecule has 3 N–H and O–H groups in total. The minimum atomic E-state index is -4.88. The van der Waals surface area contributed by atoms with E-state index in [9.17, 15) is 22.8 Å². The molecule has 5 nitrogen and oxygen atoms in total. The third-order valence-corrected chi connectivity index (χ3v) is 3.77. The predicted octanol–water partition coefficient (Wildman–Crippen LogP) is 2.40. The summed E-state index contributed by atoms with van der Waals surface area (Å²) in [6.07, 6.45) is -4.88. The van der Waals surface area contributed by atoms with Crippen molar-refractivity contribution in [2.75, 3.05) is 5.73 Å². The van der Waals surface area contributed by atoms with Gasteiger partial charge in [-0.3, -0.25) is 9.69 Å². The molecule has 1 unspecified atom stereocenters. The monoisotopic (exact) mass is 365 g/mol. The Bertz CT molecular complexity index is 620. The van der Waals surface area contributed by atoms with Crippen molar-refractivity contribution in [2.24, 2.45) is 0 Å². The maximum Gasteiger partial charge on any atom is 0.420 e. The number of amides is 3. The van der Waals surface area contributed by atoms with Crippen LogP contribution in [0.15, 0.2) is 22.7 Å². The molecule has 1 aliphatic rings. The van der Waals surface area contributed by atoms with E-state index in [4.69, 9.17) is 5.73 Å². The number of carbonyl (C=O) groups is 2. The molecule has 1 aliphatic heterocycles. The first-order valence-electron chi connectivity index (χ1n) is 5.81. The van der Waals surface area contributed by atoms with E-state index in [0.29, 0.717) is 21.9 Å². The molecule has 0 spiro atoms. The Kier molecular flexibility index (Phi) is 3.64. The van der Waals surface area contributed by atoms with Gasteiger partial charge in [0.15, 0.2) is 0 Å². The van der Waals surface area contributed by atoms with Gasteiger partial charge in [0, 0.05) is 10.2 Å².